The van der Waals surface area contributed by atoms with Crippen molar-refractivity contribution in [3.05, 3.63) is 35.4 Å². The first-order chi connectivity index (χ1) is 8.58. The zero-order valence-corrected chi connectivity index (χ0v) is 10.4. The summed E-state index contributed by atoms with van der Waals surface area (Å²) in [7, 11) is 0. The van der Waals surface area contributed by atoms with Crippen LogP contribution in [-0.2, 0) is 0 Å². The highest BCUT2D eigenvalue weighted by Gasteiger charge is 2.17. The van der Waals surface area contributed by atoms with Gasteiger partial charge in [-0.2, -0.15) is 0 Å². The van der Waals surface area contributed by atoms with Crippen molar-refractivity contribution in [3.63, 3.8) is 0 Å². The Morgan fingerprint density at radius 3 is 2.61 bits per heavy atom. The van der Waals surface area contributed by atoms with E-state index in [0.29, 0.717) is 13.1 Å². The first-order valence-electron chi connectivity index (χ1n) is 6.04. The summed E-state index contributed by atoms with van der Waals surface area (Å²) < 4.78 is 26.5. The molecule has 0 spiro atoms. The van der Waals surface area contributed by atoms with Crippen molar-refractivity contribution in [2.75, 3.05) is 26.2 Å². The van der Waals surface area contributed by atoms with Gasteiger partial charge >= 0.3 is 0 Å². The van der Waals surface area contributed by atoms with E-state index < -0.39 is 17.7 Å². The van der Waals surface area contributed by atoms with Crippen molar-refractivity contribution in [2.45, 2.75) is 19.4 Å². The molecule has 0 aliphatic heterocycles. The lowest BCUT2D eigenvalue weighted by Gasteiger charge is -2.24. The molecule has 0 aromatic heterocycles. The van der Waals surface area contributed by atoms with Gasteiger partial charge in [-0.25, -0.2) is 8.78 Å². The summed E-state index contributed by atoms with van der Waals surface area (Å²) in [5, 5.41) is 18.8. The average molecular weight is 259 g/mol. The van der Waals surface area contributed by atoms with Crippen LogP contribution in [0.1, 0.15) is 25.0 Å². The largest absolute Gasteiger partial charge is 0.395 e. The van der Waals surface area contributed by atoms with E-state index in [4.69, 9.17) is 5.11 Å². The molecule has 2 N–H and O–H groups in total. The summed E-state index contributed by atoms with van der Waals surface area (Å²) in [6.45, 7) is 3.21. The molecule has 102 valence electrons. The smallest absolute Gasteiger partial charge is 0.129 e. The van der Waals surface area contributed by atoms with E-state index in [2.05, 4.69) is 0 Å². The van der Waals surface area contributed by atoms with Gasteiger partial charge in [0.2, 0.25) is 0 Å². The number of halogens is 2. The van der Waals surface area contributed by atoms with Gasteiger partial charge in [-0.05, 0) is 31.2 Å². The van der Waals surface area contributed by atoms with Gasteiger partial charge in [0.05, 0.1) is 12.7 Å². The van der Waals surface area contributed by atoms with Crippen LogP contribution in [0.15, 0.2) is 18.2 Å². The van der Waals surface area contributed by atoms with Crippen LogP contribution in [0, 0.1) is 11.6 Å². The molecule has 0 fully saturated rings. The molecule has 0 bridgehead atoms. The Balaban J connectivity index is 2.73. The zero-order chi connectivity index (χ0) is 13.5. The topological polar surface area (TPSA) is 43.7 Å². The predicted molar refractivity (Wildman–Crippen MR) is 65.1 cm³/mol. The second kappa shape index (κ2) is 7.41. The third-order valence-corrected chi connectivity index (χ3v) is 2.70. The van der Waals surface area contributed by atoms with Gasteiger partial charge in [-0.15, -0.1) is 0 Å². The first-order valence-corrected chi connectivity index (χ1v) is 6.04. The number of rotatable bonds is 7. The Labute approximate surface area is 106 Å². The fourth-order valence-electron chi connectivity index (χ4n) is 1.86. The molecule has 1 unspecified atom stereocenters. The molecule has 0 heterocycles. The highest BCUT2D eigenvalue weighted by Crippen LogP contribution is 2.19. The summed E-state index contributed by atoms with van der Waals surface area (Å²) in [6.07, 6.45) is -0.239. The fraction of sp³-hybridized carbons (Fsp3) is 0.538. The first kappa shape index (κ1) is 15.0. The Kier molecular flexibility index (Phi) is 6.18. The Morgan fingerprint density at radius 2 is 2.00 bits per heavy atom. The van der Waals surface area contributed by atoms with Crippen LogP contribution in [0.4, 0.5) is 8.78 Å². The molecule has 1 rings (SSSR count). The molecule has 1 aromatic rings. The maximum Gasteiger partial charge on any atom is 0.129 e. The van der Waals surface area contributed by atoms with E-state index in [1.807, 2.05) is 11.8 Å². The number of nitrogens with zero attached hydrogens (tertiary/aromatic N) is 1. The van der Waals surface area contributed by atoms with Crippen molar-refractivity contribution in [3.8, 4) is 0 Å². The van der Waals surface area contributed by atoms with Crippen molar-refractivity contribution < 1.29 is 19.0 Å². The third kappa shape index (κ3) is 4.33. The van der Waals surface area contributed by atoms with Crippen LogP contribution in [0.3, 0.4) is 0 Å². The molecule has 0 aliphatic carbocycles. The lowest BCUT2D eigenvalue weighted by atomic mass is 10.1. The van der Waals surface area contributed by atoms with E-state index in [1.54, 1.807) is 0 Å². The maximum atomic E-state index is 13.4. The average Bonchev–Trinajstić information content (AvgIpc) is 2.33. The molecule has 3 nitrogen and oxygen atoms in total. The fourth-order valence-corrected chi connectivity index (χ4v) is 1.86. The van der Waals surface area contributed by atoms with Gasteiger partial charge in [-0.3, -0.25) is 4.90 Å². The van der Waals surface area contributed by atoms with Crippen molar-refractivity contribution in [2.24, 2.45) is 0 Å². The van der Waals surface area contributed by atoms with Gasteiger partial charge in [0, 0.05) is 18.7 Å². The Morgan fingerprint density at radius 1 is 1.28 bits per heavy atom. The lowest BCUT2D eigenvalue weighted by molar-refractivity contribution is 0.0971. The SMILES string of the molecule is CCCN(CCO)CC(O)c1cc(F)ccc1F. The van der Waals surface area contributed by atoms with Crippen LogP contribution < -0.4 is 0 Å². The van der Waals surface area contributed by atoms with Gasteiger partial charge in [0.1, 0.15) is 11.6 Å². The molecule has 0 saturated heterocycles. The minimum atomic E-state index is -1.10. The van der Waals surface area contributed by atoms with E-state index in [0.717, 1.165) is 24.6 Å². The van der Waals surface area contributed by atoms with Crippen LogP contribution >= 0.6 is 0 Å². The minimum Gasteiger partial charge on any atom is -0.395 e. The highest BCUT2D eigenvalue weighted by atomic mass is 19.1. The highest BCUT2D eigenvalue weighted by molar-refractivity contribution is 5.21. The van der Waals surface area contributed by atoms with Crippen molar-refractivity contribution >= 4 is 0 Å². The molecule has 0 radical (unpaired) electrons. The molecule has 0 aliphatic rings. The van der Waals surface area contributed by atoms with Crippen LogP contribution in [0.25, 0.3) is 0 Å². The van der Waals surface area contributed by atoms with Crippen LogP contribution in [0.5, 0.6) is 0 Å². The van der Waals surface area contributed by atoms with Crippen LogP contribution in [0.2, 0.25) is 0 Å². The Hall–Kier alpha value is -1.04. The molecular formula is C13H19F2NO2. The Bertz CT molecular complexity index is 368. The minimum absolute atomic E-state index is 0.0294. The maximum absolute atomic E-state index is 13.4. The zero-order valence-electron chi connectivity index (χ0n) is 10.4. The summed E-state index contributed by atoms with van der Waals surface area (Å²) in [6, 6.07) is 3.02. The van der Waals surface area contributed by atoms with Crippen LogP contribution in [-0.4, -0.2) is 41.4 Å². The number of benzene rings is 1. The van der Waals surface area contributed by atoms with Gasteiger partial charge in [0.25, 0.3) is 0 Å². The molecular weight excluding hydrogens is 240 g/mol. The quantitative estimate of drug-likeness (QED) is 0.783. The monoisotopic (exact) mass is 259 g/mol. The molecule has 1 atom stereocenters. The van der Waals surface area contributed by atoms with Gasteiger partial charge < -0.3 is 10.2 Å². The van der Waals surface area contributed by atoms with E-state index in [1.165, 1.54) is 0 Å². The van der Waals surface area contributed by atoms with E-state index in [-0.39, 0.29) is 18.7 Å². The summed E-state index contributed by atoms with van der Waals surface area (Å²) in [5.41, 5.74) is -0.0472. The normalized spacial score (nSPS) is 13.0. The summed E-state index contributed by atoms with van der Waals surface area (Å²) >= 11 is 0. The molecule has 5 heteroatoms. The van der Waals surface area contributed by atoms with E-state index in [9.17, 15) is 13.9 Å². The second-order valence-corrected chi connectivity index (χ2v) is 4.21. The molecule has 0 amide bonds. The molecule has 18 heavy (non-hydrogen) atoms. The van der Waals surface area contributed by atoms with Crippen molar-refractivity contribution in [1.29, 1.82) is 0 Å². The van der Waals surface area contributed by atoms with Gasteiger partial charge in [-0.1, -0.05) is 6.92 Å². The molecule has 1 aromatic carbocycles. The second-order valence-electron chi connectivity index (χ2n) is 4.21. The standard InChI is InChI=1S/C13H19F2NO2/c1-2-5-16(6-7-17)9-13(18)11-8-10(14)3-4-12(11)15/h3-4,8,13,17-18H,2,5-7,9H2,1H3. The summed E-state index contributed by atoms with van der Waals surface area (Å²) in [4.78, 5) is 1.81. The lowest BCUT2D eigenvalue weighted by Crippen LogP contribution is -2.32. The number of hydrogen-bond acceptors (Lipinski definition) is 3. The number of aliphatic hydroxyl groups is 2. The van der Waals surface area contributed by atoms with Crippen molar-refractivity contribution in [1.82, 2.24) is 4.90 Å². The predicted octanol–water partition coefficient (Wildman–Crippen LogP) is 1.70. The third-order valence-electron chi connectivity index (χ3n) is 2.70. The van der Waals surface area contributed by atoms with E-state index >= 15 is 0 Å². The van der Waals surface area contributed by atoms with Gasteiger partial charge in [0.15, 0.2) is 0 Å². The number of aliphatic hydroxyl groups excluding tert-OH is 2. The number of hydrogen-bond donors (Lipinski definition) is 2. The molecule has 0 saturated carbocycles. The summed E-state index contributed by atoms with van der Waals surface area (Å²) in [5.74, 6) is -1.20.